The molecule has 232 valence electrons. The lowest BCUT2D eigenvalue weighted by atomic mass is 10.0. The number of nitrogen functional groups attached to an aromatic ring is 1. The van der Waals surface area contributed by atoms with Gasteiger partial charge in [-0.2, -0.15) is 0 Å². The van der Waals surface area contributed by atoms with Gasteiger partial charge in [-0.25, -0.2) is 4.79 Å². The topological polar surface area (TPSA) is 93.9 Å². The number of ether oxygens (including phenoxy) is 2. The molecule has 0 radical (unpaired) electrons. The van der Waals surface area contributed by atoms with Crippen LogP contribution < -0.4 is 11.1 Å². The Balaban J connectivity index is 0.000000282. The molecule has 43 heavy (non-hydrogen) atoms. The zero-order valence-electron chi connectivity index (χ0n) is 24.7. The standard InChI is InChI=1S/C21H31BrN2O4.C12H9Cl2N/c1-3-24(18-8-6-4-5-7-9-18)14-17-12-16(13-19(22)20(17)23)21(26)28-11-10-27-15(2)25;13-10-7-4-8-11(14)12(10)15-9-5-2-1-3-6-9/h12-13,18H,3-11,14,23H2,1-2H3;1-8,15H. The van der Waals surface area contributed by atoms with Crippen molar-refractivity contribution in [2.75, 3.05) is 30.8 Å². The Kier molecular flexibility index (Phi) is 14.6. The number of rotatable bonds is 10. The molecular weight excluding hydrogens is 653 g/mol. The summed E-state index contributed by atoms with van der Waals surface area (Å²) < 4.78 is 10.7. The molecule has 1 saturated carbocycles. The molecule has 1 aliphatic rings. The lowest BCUT2D eigenvalue weighted by molar-refractivity contribution is -0.142. The molecule has 1 aliphatic carbocycles. The van der Waals surface area contributed by atoms with Crippen LogP contribution in [-0.4, -0.2) is 42.6 Å². The maximum absolute atomic E-state index is 12.4. The van der Waals surface area contributed by atoms with Gasteiger partial charge in [0.2, 0.25) is 0 Å². The summed E-state index contributed by atoms with van der Waals surface area (Å²) in [5.41, 5.74) is 10.0. The lowest BCUT2D eigenvalue weighted by Crippen LogP contribution is -2.34. The summed E-state index contributed by atoms with van der Waals surface area (Å²) in [6.45, 7) is 5.22. The fourth-order valence-electron chi connectivity index (χ4n) is 4.95. The molecule has 1 fully saturated rings. The molecule has 0 spiro atoms. The first-order valence-corrected chi connectivity index (χ1v) is 16.1. The summed E-state index contributed by atoms with van der Waals surface area (Å²) in [5.74, 6) is -0.849. The zero-order chi connectivity index (χ0) is 31.2. The monoisotopic (exact) mass is 691 g/mol. The van der Waals surface area contributed by atoms with Crippen LogP contribution in [0.15, 0.2) is 65.1 Å². The highest BCUT2D eigenvalue weighted by Crippen LogP contribution is 2.32. The second-order valence-electron chi connectivity index (χ2n) is 10.3. The van der Waals surface area contributed by atoms with E-state index in [-0.39, 0.29) is 13.2 Å². The minimum Gasteiger partial charge on any atom is -0.462 e. The third-order valence-corrected chi connectivity index (χ3v) is 8.49. The molecule has 3 aromatic carbocycles. The van der Waals surface area contributed by atoms with Crippen molar-refractivity contribution in [1.82, 2.24) is 4.90 Å². The number of benzene rings is 3. The van der Waals surface area contributed by atoms with Crippen LogP contribution in [-0.2, 0) is 20.8 Å². The molecule has 0 atom stereocenters. The third-order valence-electron chi connectivity index (χ3n) is 7.20. The van der Waals surface area contributed by atoms with Crippen molar-refractivity contribution < 1.29 is 19.1 Å². The fraction of sp³-hybridized carbons (Fsp3) is 0.394. The van der Waals surface area contributed by atoms with Gasteiger partial charge in [-0.1, -0.05) is 80.1 Å². The maximum atomic E-state index is 12.4. The van der Waals surface area contributed by atoms with Crippen molar-refractivity contribution in [3.63, 3.8) is 0 Å². The van der Waals surface area contributed by atoms with Crippen molar-refractivity contribution in [1.29, 1.82) is 0 Å². The first-order chi connectivity index (χ1) is 20.7. The molecule has 4 rings (SSSR count). The van der Waals surface area contributed by atoms with Crippen molar-refractivity contribution in [2.45, 2.75) is 65.0 Å². The molecule has 0 heterocycles. The number of hydrogen-bond donors (Lipinski definition) is 2. The number of para-hydroxylation sites is 2. The van der Waals surface area contributed by atoms with Crippen LogP contribution in [0.1, 0.15) is 68.3 Å². The average molecular weight is 694 g/mol. The highest BCUT2D eigenvalue weighted by Gasteiger charge is 2.21. The van der Waals surface area contributed by atoms with Gasteiger partial charge >= 0.3 is 11.9 Å². The smallest absolute Gasteiger partial charge is 0.338 e. The van der Waals surface area contributed by atoms with Crippen LogP contribution in [0.5, 0.6) is 0 Å². The summed E-state index contributed by atoms with van der Waals surface area (Å²) in [6, 6.07) is 19.3. The van der Waals surface area contributed by atoms with E-state index in [0.29, 0.717) is 38.4 Å². The molecule has 0 amide bonds. The molecule has 3 N–H and O–H groups in total. The maximum Gasteiger partial charge on any atom is 0.338 e. The highest BCUT2D eigenvalue weighted by atomic mass is 79.9. The molecule has 0 bridgehead atoms. The van der Waals surface area contributed by atoms with Gasteiger partial charge in [0.1, 0.15) is 13.2 Å². The van der Waals surface area contributed by atoms with E-state index in [9.17, 15) is 9.59 Å². The molecule has 3 aromatic rings. The first kappa shape index (κ1) is 34.7. The number of halogens is 3. The Morgan fingerprint density at radius 3 is 2.19 bits per heavy atom. The predicted octanol–water partition coefficient (Wildman–Crippen LogP) is 9.03. The second-order valence-corrected chi connectivity index (χ2v) is 12.0. The van der Waals surface area contributed by atoms with E-state index in [1.165, 1.54) is 45.4 Å². The number of hydrogen-bond acceptors (Lipinski definition) is 7. The Morgan fingerprint density at radius 2 is 1.58 bits per heavy atom. The van der Waals surface area contributed by atoms with E-state index in [0.717, 1.165) is 23.5 Å². The molecular formula is C33H40BrCl2N3O4. The number of anilines is 3. The van der Waals surface area contributed by atoms with Crippen molar-refractivity contribution in [2.24, 2.45) is 0 Å². The number of nitrogens with two attached hydrogens (primary N) is 1. The third kappa shape index (κ3) is 11.3. The van der Waals surface area contributed by atoms with Crippen LogP contribution in [0.4, 0.5) is 17.1 Å². The predicted molar refractivity (Wildman–Crippen MR) is 179 cm³/mol. The van der Waals surface area contributed by atoms with Crippen molar-refractivity contribution >= 4 is 68.1 Å². The van der Waals surface area contributed by atoms with Crippen molar-refractivity contribution in [3.8, 4) is 0 Å². The number of esters is 2. The van der Waals surface area contributed by atoms with E-state index in [1.54, 1.807) is 18.2 Å². The molecule has 0 aromatic heterocycles. The van der Waals surface area contributed by atoms with E-state index in [1.807, 2.05) is 42.5 Å². The van der Waals surface area contributed by atoms with E-state index < -0.39 is 11.9 Å². The fourth-order valence-corrected chi connectivity index (χ4v) is 5.94. The van der Waals surface area contributed by atoms with Crippen LogP contribution in [0.25, 0.3) is 0 Å². The van der Waals surface area contributed by atoms with Crippen LogP contribution in [0, 0.1) is 0 Å². The van der Waals surface area contributed by atoms with Gasteiger partial charge in [0, 0.05) is 29.7 Å². The molecule has 10 heteroatoms. The SMILES string of the molecule is CCN(Cc1cc(C(=O)OCCOC(C)=O)cc(Br)c1N)C1CCCCCC1.Clc1cccc(Cl)c1Nc1ccccc1. The number of nitrogens with one attached hydrogen (secondary N) is 1. The Bertz CT molecular complexity index is 1310. The summed E-state index contributed by atoms with van der Waals surface area (Å²) in [6.07, 6.45) is 7.61. The molecule has 0 saturated heterocycles. The Labute approximate surface area is 273 Å². The van der Waals surface area contributed by atoms with Gasteiger partial charge in [-0.05, 0) is 77.3 Å². The Morgan fingerprint density at radius 1 is 0.953 bits per heavy atom. The normalized spacial score (nSPS) is 13.4. The molecule has 0 aliphatic heterocycles. The van der Waals surface area contributed by atoms with Crippen LogP contribution in [0.2, 0.25) is 10.0 Å². The summed E-state index contributed by atoms with van der Waals surface area (Å²) >= 11 is 15.5. The average Bonchev–Trinajstić information content (AvgIpc) is 3.28. The van der Waals surface area contributed by atoms with Crippen molar-refractivity contribution in [3.05, 3.63) is 86.3 Å². The van der Waals surface area contributed by atoms with E-state index >= 15 is 0 Å². The van der Waals surface area contributed by atoms with Gasteiger partial charge in [0.15, 0.2) is 0 Å². The molecule has 0 unspecified atom stereocenters. The number of carbonyl (C=O) groups is 2. The zero-order valence-corrected chi connectivity index (χ0v) is 27.8. The van der Waals surface area contributed by atoms with Gasteiger partial charge in [-0.15, -0.1) is 0 Å². The van der Waals surface area contributed by atoms with E-state index in [4.69, 9.17) is 38.4 Å². The van der Waals surface area contributed by atoms with E-state index in [2.05, 4.69) is 33.1 Å². The second kappa shape index (κ2) is 18.1. The van der Waals surface area contributed by atoms with Gasteiger partial charge < -0.3 is 20.5 Å². The highest BCUT2D eigenvalue weighted by molar-refractivity contribution is 9.10. The first-order valence-electron chi connectivity index (χ1n) is 14.6. The van der Waals surface area contributed by atoms with Crippen LogP contribution in [0.3, 0.4) is 0 Å². The van der Waals surface area contributed by atoms with Gasteiger partial charge in [0.25, 0.3) is 0 Å². The Hall–Kier alpha value is -2.78. The minimum absolute atomic E-state index is 0.0267. The number of carbonyl (C=O) groups excluding carboxylic acids is 2. The van der Waals surface area contributed by atoms with Crippen LogP contribution >= 0.6 is 39.1 Å². The van der Waals surface area contributed by atoms with Gasteiger partial charge in [-0.3, -0.25) is 9.69 Å². The van der Waals surface area contributed by atoms with Gasteiger partial charge in [0.05, 0.1) is 27.0 Å². The summed E-state index contributed by atoms with van der Waals surface area (Å²) in [7, 11) is 0. The molecule has 7 nitrogen and oxygen atoms in total. The summed E-state index contributed by atoms with van der Waals surface area (Å²) in [5, 5.41) is 4.41. The quantitative estimate of drug-likeness (QED) is 0.0948. The number of nitrogens with zero attached hydrogens (tertiary/aromatic N) is 1. The summed E-state index contributed by atoms with van der Waals surface area (Å²) in [4.78, 5) is 25.6. The lowest BCUT2D eigenvalue weighted by Gasteiger charge is -2.30. The minimum atomic E-state index is -0.452. The largest absolute Gasteiger partial charge is 0.462 e.